The fraction of sp³-hybridized carbons (Fsp3) is 0.533. The van der Waals surface area contributed by atoms with Crippen LogP contribution in [0.5, 0.6) is 0 Å². The minimum absolute atomic E-state index is 0.0557. The SMILES string of the molecule is CC1(C)CCCCC1NC(=O)Nc1cccnc1C(=O)O. The Bertz CT molecular complexity index is 543. The number of urea groups is 1. The number of nitrogens with one attached hydrogen (secondary N) is 2. The van der Waals surface area contributed by atoms with Gasteiger partial charge in [0.2, 0.25) is 0 Å². The van der Waals surface area contributed by atoms with Gasteiger partial charge in [-0.25, -0.2) is 14.6 Å². The molecule has 1 saturated carbocycles. The van der Waals surface area contributed by atoms with Crippen molar-refractivity contribution in [3.8, 4) is 0 Å². The molecule has 1 aliphatic rings. The summed E-state index contributed by atoms with van der Waals surface area (Å²) in [4.78, 5) is 26.9. The second kappa shape index (κ2) is 6.11. The van der Waals surface area contributed by atoms with Gasteiger partial charge in [0, 0.05) is 12.2 Å². The lowest BCUT2D eigenvalue weighted by molar-refractivity contribution is 0.0691. The van der Waals surface area contributed by atoms with E-state index in [4.69, 9.17) is 5.11 Å². The standard InChI is InChI=1S/C15H21N3O3/c1-15(2)8-4-3-7-11(15)18-14(21)17-10-6-5-9-16-12(10)13(19)20/h5-6,9,11H,3-4,7-8H2,1-2H3,(H,19,20)(H2,17,18,21). The maximum Gasteiger partial charge on any atom is 0.356 e. The predicted octanol–water partition coefficient (Wildman–Crippen LogP) is 2.87. The molecule has 0 bridgehead atoms. The topological polar surface area (TPSA) is 91.3 Å². The summed E-state index contributed by atoms with van der Waals surface area (Å²) >= 11 is 0. The molecule has 2 amide bonds. The molecule has 1 unspecified atom stereocenters. The van der Waals surface area contributed by atoms with E-state index < -0.39 is 5.97 Å². The number of amides is 2. The zero-order chi connectivity index (χ0) is 15.5. The van der Waals surface area contributed by atoms with Crippen LogP contribution in [-0.2, 0) is 0 Å². The number of pyridine rings is 1. The number of carbonyl (C=O) groups excluding carboxylic acids is 1. The van der Waals surface area contributed by atoms with Gasteiger partial charge >= 0.3 is 12.0 Å². The van der Waals surface area contributed by atoms with E-state index in [0.29, 0.717) is 0 Å². The number of carboxylic acid groups (broad SMARTS) is 1. The molecule has 6 nitrogen and oxygen atoms in total. The summed E-state index contributed by atoms with van der Waals surface area (Å²) in [6.07, 6.45) is 5.68. The number of aromatic nitrogens is 1. The van der Waals surface area contributed by atoms with Gasteiger partial charge in [0.15, 0.2) is 5.69 Å². The number of aromatic carboxylic acids is 1. The highest BCUT2D eigenvalue weighted by Crippen LogP contribution is 2.35. The monoisotopic (exact) mass is 291 g/mol. The Labute approximate surface area is 124 Å². The largest absolute Gasteiger partial charge is 0.476 e. The highest BCUT2D eigenvalue weighted by molar-refractivity contribution is 5.98. The Morgan fingerprint density at radius 3 is 2.81 bits per heavy atom. The molecular formula is C15H21N3O3. The van der Waals surface area contributed by atoms with Crippen LogP contribution < -0.4 is 10.6 Å². The first kappa shape index (κ1) is 15.3. The van der Waals surface area contributed by atoms with Gasteiger partial charge in [-0.1, -0.05) is 26.7 Å². The van der Waals surface area contributed by atoms with Gasteiger partial charge in [-0.05, 0) is 30.4 Å². The van der Waals surface area contributed by atoms with Gasteiger partial charge < -0.3 is 15.7 Å². The van der Waals surface area contributed by atoms with E-state index in [1.807, 2.05) is 0 Å². The molecule has 2 rings (SSSR count). The van der Waals surface area contributed by atoms with E-state index in [1.54, 1.807) is 6.07 Å². The van der Waals surface area contributed by atoms with Crippen molar-refractivity contribution < 1.29 is 14.7 Å². The summed E-state index contributed by atoms with van der Waals surface area (Å²) in [7, 11) is 0. The molecule has 1 atom stereocenters. The summed E-state index contributed by atoms with van der Waals surface area (Å²) in [6.45, 7) is 4.29. The smallest absolute Gasteiger partial charge is 0.356 e. The van der Waals surface area contributed by atoms with Crippen molar-refractivity contribution in [2.75, 3.05) is 5.32 Å². The summed E-state index contributed by atoms with van der Waals surface area (Å²) in [6, 6.07) is 2.83. The predicted molar refractivity (Wildman–Crippen MR) is 79.4 cm³/mol. The van der Waals surface area contributed by atoms with Crippen molar-refractivity contribution in [3.63, 3.8) is 0 Å². The maximum atomic E-state index is 12.1. The lowest BCUT2D eigenvalue weighted by Gasteiger charge is -2.38. The van der Waals surface area contributed by atoms with Gasteiger partial charge in [0.25, 0.3) is 0 Å². The lowest BCUT2D eigenvalue weighted by atomic mass is 9.73. The number of rotatable bonds is 3. The molecule has 1 aromatic rings. The molecule has 3 N–H and O–H groups in total. The molecule has 0 saturated heterocycles. The minimum atomic E-state index is -1.16. The number of carboxylic acids is 1. The Hall–Kier alpha value is -2.11. The number of carbonyl (C=O) groups is 2. The average molecular weight is 291 g/mol. The number of nitrogens with zero attached hydrogens (tertiary/aromatic N) is 1. The fourth-order valence-corrected chi connectivity index (χ4v) is 2.75. The zero-order valence-electron chi connectivity index (χ0n) is 12.3. The molecule has 0 aromatic carbocycles. The molecular weight excluding hydrogens is 270 g/mol. The highest BCUT2D eigenvalue weighted by Gasteiger charge is 2.33. The van der Waals surface area contributed by atoms with Crippen molar-refractivity contribution in [2.24, 2.45) is 5.41 Å². The van der Waals surface area contributed by atoms with Crippen LogP contribution in [-0.4, -0.2) is 28.1 Å². The third-order valence-corrected chi connectivity index (χ3v) is 4.07. The molecule has 1 aromatic heterocycles. The Balaban J connectivity index is 2.04. The van der Waals surface area contributed by atoms with E-state index in [2.05, 4.69) is 29.5 Å². The molecule has 114 valence electrons. The third-order valence-electron chi connectivity index (χ3n) is 4.07. The molecule has 6 heteroatoms. The van der Waals surface area contributed by atoms with Crippen molar-refractivity contribution in [3.05, 3.63) is 24.0 Å². The van der Waals surface area contributed by atoms with E-state index >= 15 is 0 Å². The van der Waals surface area contributed by atoms with Crippen molar-refractivity contribution >= 4 is 17.7 Å². The average Bonchev–Trinajstić information content (AvgIpc) is 2.41. The van der Waals surface area contributed by atoms with Gasteiger partial charge in [-0.15, -0.1) is 0 Å². The van der Waals surface area contributed by atoms with Gasteiger partial charge in [-0.2, -0.15) is 0 Å². The first-order valence-corrected chi connectivity index (χ1v) is 7.16. The second-order valence-corrected chi connectivity index (χ2v) is 6.09. The molecule has 0 aliphatic heterocycles. The van der Waals surface area contributed by atoms with Gasteiger partial charge in [0.05, 0.1) is 5.69 Å². The van der Waals surface area contributed by atoms with Crippen LogP contribution in [0.2, 0.25) is 0 Å². The van der Waals surface area contributed by atoms with E-state index in [1.165, 1.54) is 18.7 Å². The molecule has 21 heavy (non-hydrogen) atoms. The number of hydrogen-bond acceptors (Lipinski definition) is 3. The zero-order valence-corrected chi connectivity index (χ0v) is 12.3. The quantitative estimate of drug-likeness (QED) is 0.798. The van der Waals surface area contributed by atoms with Crippen LogP contribution in [0, 0.1) is 5.41 Å². The normalized spacial score (nSPS) is 20.6. The fourth-order valence-electron chi connectivity index (χ4n) is 2.75. The minimum Gasteiger partial charge on any atom is -0.476 e. The molecule has 1 aliphatic carbocycles. The van der Waals surface area contributed by atoms with Crippen molar-refractivity contribution in [1.82, 2.24) is 10.3 Å². The summed E-state index contributed by atoms with van der Waals surface area (Å²) in [5.41, 5.74) is 0.104. The van der Waals surface area contributed by atoms with E-state index in [-0.39, 0.29) is 28.9 Å². The van der Waals surface area contributed by atoms with Crippen LogP contribution in [0.25, 0.3) is 0 Å². The molecule has 0 radical (unpaired) electrons. The summed E-state index contributed by atoms with van der Waals surface area (Å²) in [5.74, 6) is -1.16. The van der Waals surface area contributed by atoms with Gasteiger partial charge in [0.1, 0.15) is 0 Å². The van der Waals surface area contributed by atoms with Crippen molar-refractivity contribution in [1.29, 1.82) is 0 Å². The van der Waals surface area contributed by atoms with Crippen LogP contribution in [0.15, 0.2) is 18.3 Å². The van der Waals surface area contributed by atoms with Crippen LogP contribution in [0.4, 0.5) is 10.5 Å². The first-order chi connectivity index (χ1) is 9.90. The lowest BCUT2D eigenvalue weighted by Crippen LogP contribution is -2.48. The van der Waals surface area contributed by atoms with E-state index in [9.17, 15) is 9.59 Å². The van der Waals surface area contributed by atoms with Crippen LogP contribution >= 0.6 is 0 Å². The molecule has 1 fully saturated rings. The molecule has 0 spiro atoms. The summed E-state index contributed by atoms with van der Waals surface area (Å²) < 4.78 is 0. The number of anilines is 1. The first-order valence-electron chi connectivity index (χ1n) is 7.16. The number of hydrogen-bond donors (Lipinski definition) is 3. The Morgan fingerprint density at radius 1 is 1.38 bits per heavy atom. The maximum absolute atomic E-state index is 12.1. The van der Waals surface area contributed by atoms with Crippen LogP contribution in [0.1, 0.15) is 50.0 Å². The van der Waals surface area contributed by atoms with Crippen molar-refractivity contribution in [2.45, 2.75) is 45.6 Å². The molecule has 1 heterocycles. The van der Waals surface area contributed by atoms with E-state index in [0.717, 1.165) is 19.3 Å². The Morgan fingerprint density at radius 2 is 2.14 bits per heavy atom. The summed E-state index contributed by atoms with van der Waals surface area (Å²) in [5, 5.41) is 14.6. The highest BCUT2D eigenvalue weighted by atomic mass is 16.4. The van der Waals surface area contributed by atoms with Gasteiger partial charge in [-0.3, -0.25) is 0 Å². The Kier molecular flexibility index (Phi) is 4.45. The van der Waals surface area contributed by atoms with Crippen LogP contribution in [0.3, 0.4) is 0 Å². The second-order valence-electron chi connectivity index (χ2n) is 6.09. The third kappa shape index (κ3) is 3.71.